The van der Waals surface area contributed by atoms with Gasteiger partial charge in [-0.15, -0.1) is 0 Å². The summed E-state index contributed by atoms with van der Waals surface area (Å²) < 4.78 is 0. The van der Waals surface area contributed by atoms with E-state index in [2.05, 4.69) is 15.3 Å². The molecule has 0 aliphatic rings. The molecule has 6 nitrogen and oxygen atoms in total. The Hall–Kier alpha value is -2.63. The maximum absolute atomic E-state index is 10.6. The summed E-state index contributed by atoms with van der Waals surface area (Å²) >= 11 is 0. The number of benzene rings is 1. The van der Waals surface area contributed by atoms with Crippen molar-refractivity contribution in [3.05, 3.63) is 42.7 Å². The van der Waals surface area contributed by atoms with Crippen molar-refractivity contribution in [3.63, 3.8) is 0 Å². The number of aromatic nitrogens is 2. The molecule has 0 amide bonds. The molecule has 0 atom stereocenters. The van der Waals surface area contributed by atoms with Crippen LogP contribution in [0.25, 0.3) is 0 Å². The molecule has 0 saturated heterocycles. The number of hydrogen-bond donors (Lipinski definition) is 2. The lowest BCUT2D eigenvalue weighted by Gasteiger charge is -2.15. The van der Waals surface area contributed by atoms with Crippen molar-refractivity contribution in [2.75, 3.05) is 23.8 Å². The van der Waals surface area contributed by atoms with Gasteiger partial charge in [0.2, 0.25) is 0 Å². The highest BCUT2D eigenvalue weighted by atomic mass is 16.4. The van der Waals surface area contributed by atoms with Crippen molar-refractivity contribution >= 4 is 23.3 Å². The van der Waals surface area contributed by atoms with Crippen LogP contribution in [0.2, 0.25) is 0 Å². The second kappa shape index (κ2) is 5.81. The smallest absolute Gasteiger partial charge is 0.323 e. The van der Waals surface area contributed by atoms with Gasteiger partial charge in [0, 0.05) is 12.7 Å². The van der Waals surface area contributed by atoms with Crippen LogP contribution in [0.4, 0.5) is 17.3 Å². The van der Waals surface area contributed by atoms with Crippen molar-refractivity contribution in [2.45, 2.75) is 0 Å². The van der Waals surface area contributed by atoms with Crippen LogP contribution in [-0.2, 0) is 4.79 Å². The average molecular weight is 258 g/mol. The molecule has 1 heterocycles. The molecule has 98 valence electrons. The normalized spacial score (nSPS) is 9.95. The largest absolute Gasteiger partial charge is 0.480 e. The van der Waals surface area contributed by atoms with E-state index >= 15 is 0 Å². The zero-order valence-corrected chi connectivity index (χ0v) is 10.4. The van der Waals surface area contributed by atoms with Crippen molar-refractivity contribution in [1.82, 2.24) is 9.97 Å². The minimum Gasteiger partial charge on any atom is -0.480 e. The molecule has 0 radical (unpaired) electrons. The molecule has 0 fully saturated rings. The highest BCUT2D eigenvalue weighted by molar-refractivity contribution is 5.72. The maximum atomic E-state index is 10.6. The number of aliphatic carboxylic acids is 1. The van der Waals surface area contributed by atoms with Crippen LogP contribution in [-0.4, -0.2) is 34.6 Å². The van der Waals surface area contributed by atoms with E-state index in [4.69, 9.17) is 5.11 Å². The van der Waals surface area contributed by atoms with Crippen LogP contribution in [0.15, 0.2) is 42.7 Å². The number of nitrogens with one attached hydrogen (secondary N) is 1. The van der Waals surface area contributed by atoms with E-state index in [0.29, 0.717) is 11.6 Å². The number of rotatable bonds is 5. The lowest BCUT2D eigenvalue weighted by molar-refractivity contribution is -0.135. The van der Waals surface area contributed by atoms with Gasteiger partial charge in [-0.1, -0.05) is 18.2 Å². The fourth-order valence-electron chi connectivity index (χ4n) is 1.54. The Kier molecular flexibility index (Phi) is 3.92. The second-order valence-corrected chi connectivity index (χ2v) is 4.00. The Morgan fingerprint density at radius 3 is 2.58 bits per heavy atom. The summed E-state index contributed by atoms with van der Waals surface area (Å²) in [6.07, 6.45) is 3.11. The molecule has 0 saturated carbocycles. The van der Waals surface area contributed by atoms with Crippen LogP contribution in [0.1, 0.15) is 0 Å². The van der Waals surface area contributed by atoms with E-state index in [-0.39, 0.29) is 6.54 Å². The quantitative estimate of drug-likeness (QED) is 0.850. The summed E-state index contributed by atoms with van der Waals surface area (Å²) in [5, 5.41) is 11.8. The summed E-state index contributed by atoms with van der Waals surface area (Å²) in [5.74, 6) is 0.218. The predicted molar refractivity (Wildman–Crippen MR) is 72.7 cm³/mol. The molecule has 2 aromatic rings. The number of anilines is 3. The lowest BCUT2D eigenvalue weighted by Crippen LogP contribution is -2.26. The predicted octanol–water partition coefficient (Wildman–Crippen LogP) is 1.74. The number of likely N-dealkylation sites (N-methyl/N-ethyl adjacent to an activating group) is 1. The van der Waals surface area contributed by atoms with Gasteiger partial charge in [-0.05, 0) is 12.1 Å². The highest BCUT2D eigenvalue weighted by Crippen LogP contribution is 2.14. The summed E-state index contributed by atoms with van der Waals surface area (Å²) in [6, 6.07) is 9.62. The monoisotopic (exact) mass is 258 g/mol. The number of carboxylic acids is 1. The Balaban J connectivity index is 2.04. The third-order valence-electron chi connectivity index (χ3n) is 2.45. The number of carboxylic acid groups (broad SMARTS) is 1. The van der Waals surface area contributed by atoms with Gasteiger partial charge in [-0.3, -0.25) is 4.79 Å². The Bertz CT molecular complexity index is 542. The third-order valence-corrected chi connectivity index (χ3v) is 2.45. The fourth-order valence-corrected chi connectivity index (χ4v) is 1.54. The van der Waals surface area contributed by atoms with Crippen LogP contribution in [0.5, 0.6) is 0 Å². The molecule has 1 aromatic heterocycles. The molecule has 6 heteroatoms. The first-order valence-electron chi connectivity index (χ1n) is 5.72. The summed E-state index contributed by atoms with van der Waals surface area (Å²) in [5.41, 5.74) is 0.920. The zero-order valence-electron chi connectivity index (χ0n) is 10.4. The van der Waals surface area contributed by atoms with Crippen LogP contribution < -0.4 is 10.2 Å². The Morgan fingerprint density at radius 2 is 2.00 bits per heavy atom. The number of nitrogens with zero attached hydrogens (tertiary/aromatic N) is 3. The van der Waals surface area contributed by atoms with Crippen molar-refractivity contribution in [2.24, 2.45) is 0 Å². The SMILES string of the molecule is CN(CC(=O)O)c1cnc(Nc2ccccc2)cn1. The molecule has 0 aliphatic carbocycles. The summed E-state index contributed by atoms with van der Waals surface area (Å²) in [7, 11) is 1.66. The van der Waals surface area contributed by atoms with E-state index < -0.39 is 5.97 Å². The van der Waals surface area contributed by atoms with E-state index in [9.17, 15) is 4.79 Å². The Labute approximate surface area is 110 Å². The molecular weight excluding hydrogens is 244 g/mol. The highest BCUT2D eigenvalue weighted by Gasteiger charge is 2.07. The first-order valence-corrected chi connectivity index (χ1v) is 5.72. The molecule has 0 aliphatic heterocycles. The van der Waals surface area contributed by atoms with Gasteiger partial charge in [0.15, 0.2) is 0 Å². The molecule has 2 N–H and O–H groups in total. The number of para-hydroxylation sites is 1. The maximum Gasteiger partial charge on any atom is 0.323 e. The van der Waals surface area contributed by atoms with Gasteiger partial charge in [-0.25, -0.2) is 9.97 Å². The number of hydrogen-bond acceptors (Lipinski definition) is 5. The van der Waals surface area contributed by atoms with E-state index in [1.165, 1.54) is 11.1 Å². The van der Waals surface area contributed by atoms with Gasteiger partial charge < -0.3 is 15.3 Å². The third kappa shape index (κ3) is 3.67. The first kappa shape index (κ1) is 12.8. The topological polar surface area (TPSA) is 78.4 Å². The zero-order chi connectivity index (χ0) is 13.7. The Morgan fingerprint density at radius 1 is 1.26 bits per heavy atom. The van der Waals surface area contributed by atoms with Gasteiger partial charge in [0.25, 0.3) is 0 Å². The minimum atomic E-state index is -0.907. The second-order valence-electron chi connectivity index (χ2n) is 4.00. The summed E-state index contributed by atoms with van der Waals surface area (Å²) in [6.45, 7) is -0.111. The fraction of sp³-hybridized carbons (Fsp3) is 0.154. The van der Waals surface area contributed by atoms with Gasteiger partial charge in [0.05, 0.1) is 12.4 Å². The molecule has 0 bridgehead atoms. The van der Waals surface area contributed by atoms with Gasteiger partial charge in [0.1, 0.15) is 18.2 Å². The molecule has 0 spiro atoms. The van der Waals surface area contributed by atoms with Crippen LogP contribution >= 0.6 is 0 Å². The van der Waals surface area contributed by atoms with E-state index in [0.717, 1.165) is 5.69 Å². The van der Waals surface area contributed by atoms with Gasteiger partial charge in [-0.2, -0.15) is 0 Å². The molecule has 2 rings (SSSR count). The van der Waals surface area contributed by atoms with Crippen molar-refractivity contribution in [3.8, 4) is 0 Å². The average Bonchev–Trinajstić information content (AvgIpc) is 2.40. The van der Waals surface area contributed by atoms with Crippen LogP contribution in [0, 0.1) is 0 Å². The van der Waals surface area contributed by atoms with Crippen LogP contribution in [0.3, 0.4) is 0 Å². The van der Waals surface area contributed by atoms with E-state index in [1.54, 1.807) is 13.2 Å². The molecular formula is C13H14N4O2. The molecule has 1 aromatic carbocycles. The lowest BCUT2D eigenvalue weighted by atomic mass is 10.3. The summed E-state index contributed by atoms with van der Waals surface area (Å²) in [4.78, 5) is 20.5. The van der Waals surface area contributed by atoms with Crippen molar-refractivity contribution < 1.29 is 9.90 Å². The van der Waals surface area contributed by atoms with Crippen molar-refractivity contribution in [1.29, 1.82) is 0 Å². The number of carbonyl (C=O) groups is 1. The van der Waals surface area contributed by atoms with Gasteiger partial charge >= 0.3 is 5.97 Å². The minimum absolute atomic E-state index is 0.111. The van der Waals surface area contributed by atoms with E-state index in [1.807, 2.05) is 30.3 Å². The molecule has 0 unspecified atom stereocenters. The molecule has 19 heavy (non-hydrogen) atoms. The first-order chi connectivity index (χ1) is 9.15. The standard InChI is InChI=1S/C13H14N4O2/c1-17(9-13(18)19)12-8-14-11(7-15-12)16-10-5-3-2-4-6-10/h2-8H,9H2,1H3,(H,14,16)(H,18,19).